The summed E-state index contributed by atoms with van der Waals surface area (Å²) in [6.07, 6.45) is 1.90. The number of carbonyl (C=O) groups excluding carboxylic acids is 2. The van der Waals surface area contributed by atoms with E-state index in [2.05, 4.69) is 12.1 Å². The minimum absolute atomic E-state index is 0.284. The maximum atomic E-state index is 13.5. The number of anilines is 1. The Morgan fingerprint density at radius 1 is 0.714 bits per heavy atom. The van der Waals surface area contributed by atoms with Crippen LogP contribution in [0.5, 0.6) is 0 Å². The molecule has 28 heavy (non-hydrogen) atoms. The Hall–Kier alpha value is -3.46. The van der Waals surface area contributed by atoms with Crippen LogP contribution in [-0.2, 0) is 4.79 Å². The highest BCUT2D eigenvalue weighted by atomic mass is 16.2. The number of rotatable bonds is 2. The van der Waals surface area contributed by atoms with Crippen LogP contribution in [0.2, 0.25) is 0 Å². The van der Waals surface area contributed by atoms with Crippen LogP contribution in [0.15, 0.2) is 66.7 Å². The van der Waals surface area contributed by atoms with Crippen LogP contribution in [0, 0.1) is 20.8 Å². The molecule has 2 amide bonds. The molecule has 138 valence electrons. The Bertz CT molecular complexity index is 1140. The third-order valence-electron chi connectivity index (χ3n) is 5.18. The molecule has 0 aliphatic carbocycles. The first-order valence-corrected chi connectivity index (χ1v) is 9.30. The van der Waals surface area contributed by atoms with Crippen molar-refractivity contribution < 1.29 is 9.59 Å². The highest BCUT2D eigenvalue weighted by Crippen LogP contribution is 2.34. The number of fused-ring (bicyclic) bond motifs is 1. The van der Waals surface area contributed by atoms with E-state index in [0.29, 0.717) is 22.4 Å². The van der Waals surface area contributed by atoms with Gasteiger partial charge in [-0.25, -0.2) is 4.90 Å². The Morgan fingerprint density at radius 3 is 2.14 bits per heavy atom. The van der Waals surface area contributed by atoms with Gasteiger partial charge in [0.15, 0.2) is 0 Å². The van der Waals surface area contributed by atoms with Gasteiger partial charge in [0.25, 0.3) is 11.8 Å². The van der Waals surface area contributed by atoms with E-state index in [4.69, 9.17) is 0 Å². The molecule has 0 radical (unpaired) electrons. The first-order chi connectivity index (χ1) is 13.5. The minimum Gasteiger partial charge on any atom is -0.268 e. The third kappa shape index (κ3) is 2.95. The Morgan fingerprint density at radius 2 is 1.39 bits per heavy atom. The molecule has 3 aromatic carbocycles. The van der Waals surface area contributed by atoms with Crippen molar-refractivity contribution in [1.82, 2.24) is 0 Å². The average Bonchev–Trinajstić information content (AvgIpc) is 2.69. The van der Waals surface area contributed by atoms with E-state index in [-0.39, 0.29) is 11.8 Å². The molecule has 0 aromatic heterocycles. The lowest BCUT2D eigenvalue weighted by atomic mass is 9.90. The summed E-state index contributed by atoms with van der Waals surface area (Å²) in [4.78, 5) is 28.0. The normalized spacial score (nSPS) is 15.1. The molecule has 0 bridgehead atoms. The predicted molar refractivity (Wildman–Crippen MR) is 113 cm³/mol. The zero-order valence-electron chi connectivity index (χ0n) is 16.2. The van der Waals surface area contributed by atoms with Crippen LogP contribution in [0.25, 0.3) is 11.6 Å². The van der Waals surface area contributed by atoms with Gasteiger partial charge in [-0.3, -0.25) is 9.59 Å². The molecule has 4 rings (SSSR count). The molecular formula is C25H21NO2. The second-order valence-corrected chi connectivity index (χ2v) is 7.20. The smallest absolute Gasteiger partial charge is 0.265 e. The molecule has 0 unspecified atom stereocenters. The van der Waals surface area contributed by atoms with Crippen LogP contribution < -0.4 is 4.90 Å². The van der Waals surface area contributed by atoms with Crippen molar-refractivity contribution in [3.05, 3.63) is 100 Å². The molecule has 0 saturated carbocycles. The number of nitrogens with zero attached hydrogens (tertiary/aromatic N) is 1. The molecule has 0 spiro atoms. The Balaban J connectivity index is 1.95. The van der Waals surface area contributed by atoms with Crippen molar-refractivity contribution in [2.45, 2.75) is 20.8 Å². The highest BCUT2D eigenvalue weighted by Gasteiger charge is 2.36. The van der Waals surface area contributed by atoms with Gasteiger partial charge in [-0.15, -0.1) is 0 Å². The van der Waals surface area contributed by atoms with Crippen LogP contribution in [0.3, 0.4) is 0 Å². The quantitative estimate of drug-likeness (QED) is 0.453. The zero-order valence-corrected chi connectivity index (χ0v) is 16.2. The molecule has 1 aliphatic heterocycles. The van der Waals surface area contributed by atoms with E-state index < -0.39 is 0 Å². The molecule has 3 heteroatoms. The lowest BCUT2D eigenvalue weighted by molar-refractivity contribution is -0.112. The lowest BCUT2D eigenvalue weighted by Gasteiger charge is -2.29. The van der Waals surface area contributed by atoms with Crippen LogP contribution in [0.1, 0.15) is 38.2 Å². The molecule has 0 N–H and O–H groups in total. The summed E-state index contributed by atoms with van der Waals surface area (Å²) in [6.45, 7) is 5.96. The molecule has 3 nitrogen and oxygen atoms in total. The summed E-state index contributed by atoms with van der Waals surface area (Å²) in [5.41, 5.74) is 6.46. The van der Waals surface area contributed by atoms with Gasteiger partial charge in [-0.2, -0.15) is 0 Å². The number of hydrogen-bond acceptors (Lipinski definition) is 2. The summed E-state index contributed by atoms with van der Waals surface area (Å²) in [7, 11) is 0. The molecule has 0 atom stereocenters. The van der Waals surface area contributed by atoms with E-state index in [1.165, 1.54) is 4.90 Å². The van der Waals surface area contributed by atoms with Gasteiger partial charge in [0.1, 0.15) is 0 Å². The predicted octanol–water partition coefficient (Wildman–Crippen LogP) is 5.34. The van der Waals surface area contributed by atoms with Crippen LogP contribution in [0.4, 0.5) is 5.69 Å². The second-order valence-electron chi connectivity index (χ2n) is 7.20. The van der Waals surface area contributed by atoms with E-state index in [9.17, 15) is 9.59 Å². The first-order valence-electron chi connectivity index (χ1n) is 9.30. The Labute approximate surface area is 164 Å². The molecule has 1 aliphatic rings. The van der Waals surface area contributed by atoms with Crippen molar-refractivity contribution in [2.24, 2.45) is 0 Å². The number of hydrogen-bond donors (Lipinski definition) is 0. The fourth-order valence-corrected chi connectivity index (χ4v) is 3.60. The van der Waals surface area contributed by atoms with Gasteiger partial charge in [0.05, 0.1) is 5.69 Å². The molecule has 0 fully saturated rings. The van der Waals surface area contributed by atoms with Gasteiger partial charge in [0.2, 0.25) is 0 Å². The van der Waals surface area contributed by atoms with Gasteiger partial charge in [-0.1, -0.05) is 60.2 Å². The van der Waals surface area contributed by atoms with Gasteiger partial charge >= 0.3 is 0 Å². The summed E-state index contributed by atoms with van der Waals surface area (Å²) >= 11 is 0. The first kappa shape index (κ1) is 17.9. The SMILES string of the molecule is Cc1ccc(C)c(/C=C2\C(=O)N(c3ccccc3C)C(=O)c3ccccc32)c1. The molecule has 0 saturated heterocycles. The van der Waals surface area contributed by atoms with E-state index >= 15 is 0 Å². The molecule has 1 heterocycles. The van der Waals surface area contributed by atoms with E-state index in [1.54, 1.807) is 6.07 Å². The van der Waals surface area contributed by atoms with Crippen molar-refractivity contribution in [1.29, 1.82) is 0 Å². The number of benzene rings is 3. The maximum absolute atomic E-state index is 13.5. The van der Waals surface area contributed by atoms with Gasteiger partial charge in [-0.05, 0) is 61.2 Å². The number of imide groups is 1. The van der Waals surface area contributed by atoms with Gasteiger partial charge in [0, 0.05) is 11.1 Å². The fraction of sp³-hybridized carbons (Fsp3) is 0.120. The zero-order chi connectivity index (χ0) is 19.8. The standard InChI is InChI=1S/C25H21NO2/c1-16-12-13-17(2)19(14-16)15-22-20-9-5-6-10-21(20)24(27)26(25(22)28)23-11-7-4-8-18(23)3/h4-15H,1-3H3/b22-15-. The van der Waals surface area contributed by atoms with E-state index in [1.807, 2.05) is 75.4 Å². The van der Waals surface area contributed by atoms with Crippen molar-refractivity contribution in [2.75, 3.05) is 4.90 Å². The van der Waals surface area contributed by atoms with Crippen LogP contribution in [-0.4, -0.2) is 11.8 Å². The molecular weight excluding hydrogens is 346 g/mol. The number of para-hydroxylation sites is 1. The Kier molecular flexibility index (Phi) is 4.44. The van der Waals surface area contributed by atoms with Crippen molar-refractivity contribution in [3.8, 4) is 0 Å². The number of amides is 2. The van der Waals surface area contributed by atoms with Gasteiger partial charge < -0.3 is 0 Å². The average molecular weight is 367 g/mol. The largest absolute Gasteiger partial charge is 0.268 e. The van der Waals surface area contributed by atoms with Crippen molar-refractivity contribution >= 4 is 29.2 Å². The second kappa shape index (κ2) is 6.93. The minimum atomic E-state index is -0.293. The fourth-order valence-electron chi connectivity index (χ4n) is 3.60. The number of aryl methyl sites for hydroxylation is 3. The maximum Gasteiger partial charge on any atom is 0.265 e. The third-order valence-corrected chi connectivity index (χ3v) is 5.18. The van der Waals surface area contributed by atoms with Crippen LogP contribution >= 0.6 is 0 Å². The monoisotopic (exact) mass is 367 g/mol. The lowest BCUT2D eigenvalue weighted by Crippen LogP contribution is -2.42. The van der Waals surface area contributed by atoms with Crippen molar-refractivity contribution in [3.63, 3.8) is 0 Å². The summed E-state index contributed by atoms with van der Waals surface area (Å²) in [5.74, 6) is -0.577. The summed E-state index contributed by atoms with van der Waals surface area (Å²) < 4.78 is 0. The molecule has 3 aromatic rings. The highest BCUT2D eigenvalue weighted by molar-refractivity contribution is 6.43. The topological polar surface area (TPSA) is 37.4 Å². The number of carbonyl (C=O) groups is 2. The summed E-state index contributed by atoms with van der Waals surface area (Å²) in [5, 5.41) is 0. The van der Waals surface area contributed by atoms with E-state index in [0.717, 1.165) is 22.3 Å². The summed E-state index contributed by atoms with van der Waals surface area (Å²) in [6, 6.07) is 21.0.